The van der Waals surface area contributed by atoms with Gasteiger partial charge in [-0.3, -0.25) is 10.2 Å². The maximum absolute atomic E-state index is 11.9. The van der Waals surface area contributed by atoms with E-state index in [2.05, 4.69) is 21.2 Å². The number of aliphatic imine (C=N–C) groups is 1. The van der Waals surface area contributed by atoms with Crippen LogP contribution in [0.25, 0.3) is 0 Å². The first-order chi connectivity index (χ1) is 12.5. The third kappa shape index (κ3) is 3.73. The van der Waals surface area contributed by atoms with Gasteiger partial charge in [-0.05, 0) is 30.3 Å². The number of amides is 1. The fraction of sp³-hybridized carbons (Fsp3) is 0.211. The lowest BCUT2D eigenvalue weighted by Crippen LogP contribution is -2.30. The zero-order valence-corrected chi connectivity index (χ0v) is 14.8. The Kier molecular flexibility index (Phi) is 4.99. The molecule has 1 aliphatic rings. The minimum Gasteiger partial charge on any atom is -0.398 e. The molecule has 1 aliphatic heterocycles. The van der Waals surface area contributed by atoms with Gasteiger partial charge in [-0.25, -0.2) is 10.4 Å². The van der Waals surface area contributed by atoms with Crippen LogP contribution >= 0.6 is 0 Å². The van der Waals surface area contributed by atoms with Gasteiger partial charge in [-0.1, -0.05) is 26.0 Å². The van der Waals surface area contributed by atoms with Crippen molar-refractivity contribution in [1.29, 1.82) is 5.41 Å². The lowest BCUT2D eigenvalue weighted by Gasteiger charge is -2.13. The van der Waals surface area contributed by atoms with Crippen LogP contribution in [-0.4, -0.2) is 24.1 Å². The highest BCUT2D eigenvalue weighted by Gasteiger charge is 2.14. The molecule has 3 rings (SSSR count). The summed E-state index contributed by atoms with van der Waals surface area (Å²) in [4.78, 5) is 16.2. The van der Waals surface area contributed by atoms with Crippen LogP contribution in [0.1, 0.15) is 30.5 Å². The molecule has 2 aromatic rings. The van der Waals surface area contributed by atoms with Gasteiger partial charge in [0.15, 0.2) is 0 Å². The number of nitrogens with zero attached hydrogens (tertiary/aromatic N) is 1. The van der Waals surface area contributed by atoms with E-state index in [4.69, 9.17) is 11.1 Å². The fourth-order valence-corrected chi connectivity index (χ4v) is 2.56. The predicted molar refractivity (Wildman–Crippen MR) is 104 cm³/mol. The highest BCUT2D eigenvalue weighted by atomic mass is 16.1. The molecule has 2 aromatic carbocycles. The predicted octanol–water partition coefficient (Wildman–Crippen LogP) is 2.09. The average molecular weight is 350 g/mol. The standard InChI is InChI=1S/C19H22N6O/c1-11(2)19(26)24-14-5-3-4-12(8-14)17(21)15-9-13(6-7-16(15)20)18-22-10-23-25-18/h3-9,11,21,23H,10,20H2,1-2H3,(H,22,25)(H,24,26). The molecule has 0 fully saturated rings. The van der Waals surface area contributed by atoms with E-state index in [0.717, 1.165) is 11.4 Å². The first-order valence-electron chi connectivity index (χ1n) is 8.39. The van der Waals surface area contributed by atoms with Crippen LogP contribution in [0, 0.1) is 11.3 Å². The number of hydrogen-bond donors (Lipinski definition) is 5. The first-order valence-corrected chi connectivity index (χ1v) is 8.39. The second-order valence-electron chi connectivity index (χ2n) is 6.37. The summed E-state index contributed by atoms with van der Waals surface area (Å²) in [7, 11) is 0. The summed E-state index contributed by atoms with van der Waals surface area (Å²) in [6.07, 6.45) is 0. The molecule has 0 aliphatic carbocycles. The molecule has 0 atom stereocenters. The molecule has 0 saturated heterocycles. The monoisotopic (exact) mass is 350 g/mol. The molecular weight excluding hydrogens is 328 g/mol. The van der Waals surface area contributed by atoms with Crippen LogP contribution in [-0.2, 0) is 4.79 Å². The second-order valence-corrected chi connectivity index (χ2v) is 6.37. The minimum atomic E-state index is -0.112. The summed E-state index contributed by atoms with van der Waals surface area (Å²) in [5, 5.41) is 11.4. The van der Waals surface area contributed by atoms with E-state index in [0.29, 0.717) is 29.2 Å². The molecule has 134 valence electrons. The van der Waals surface area contributed by atoms with E-state index < -0.39 is 0 Å². The van der Waals surface area contributed by atoms with Gasteiger partial charge in [0.05, 0.1) is 5.71 Å². The normalized spacial score (nSPS) is 13.3. The van der Waals surface area contributed by atoms with Crippen LogP contribution in [0.15, 0.2) is 47.5 Å². The van der Waals surface area contributed by atoms with Crippen molar-refractivity contribution in [2.24, 2.45) is 10.9 Å². The average Bonchev–Trinajstić information content (AvgIpc) is 3.16. The summed E-state index contributed by atoms with van der Waals surface area (Å²) in [6.45, 7) is 4.17. The summed E-state index contributed by atoms with van der Waals surface area (Å²) in [5.74, 6) is 0.545. The number of nitrogen functional groups attached to an aromatic ring is 1. The van der Waals surface area contributed by atoms with E-state index in [1.54, 1.807) is 18.2 Å². The van der Waals surface area contributed by atoms with Crippen molar-refractivity contribution in [3.63, 3.8) is 0 Å². The Morgan fingerprint density at radius 2 is 2.08 bits per heavy atom. The van der Waals surface area contributed by atoms with E-state index in [1.165, 1.54) is 0 Å². The molecule has 0 aromatic heterocycles. The van der Waals surface area contributed by atoms with Gasteiger partial charge in [0.25, 0.3) is 0 Å². The number of nitrogens with one attached hydrogen (secondary N) is 4. The van der Waals surface area contributed by atoms with Crippen molar-refractivity contribution in [3.05, 3.63) is 59.2 Å². The first kappa shape index (κ1) is 17.6. The van der Waals surface area contributed by atoms with E-state index in [9.17, 15) is 4.79 Å². The van der Waals surface area contributed by atoms with E-state index >= 15 is 0 Å². The van der Waals surface area contributed by atoms with Gasteiger partial charge in [-0.2, -0.15) is 0 Å². The smallest absolute Gasteiger partial charge is 0.226 e. The topological polar surface area (TPSA) is 115 Å². The summed E-state index contributed by atoms with van der Waals surface area (Å²) < 4.78 is 0. The number of rotatable bonds is 5. The Balaban J connectivity index is 1.89. The van der Waals surface area contributed by atoms with Gasteiger partial charge < -0.3 is 16.5 Å². The van der Waals surface area contributed by atoms with Gasteiger partial charge in [0.1, 0.15) is 12.5 Å². The molecule has 0 radical (unpaired) electrons. The van der Waals surface area contributed by atoms with Crippen molar-refractivity contribution in [3.8, 4) is 0 Å². The Morgan fingerprint density at radius 1 is 1.27 bits per heavy atom. The number of hydrazine groups is 1. The van der Waals surface area contributed by atoms with E-state index in [-0.39, 0.29) is 17.5 Å². The number of amidine groups is 1. The number of nitrogens with two attached hydrogens (primary N) is 1. The lowest BCUT2D eigenvalue weighted by molar-refractivity contribution is -0.118. The third-order valence-corrected chi connectivity index (χ3v) is 4.06. The van der Waals surface area contributed by atoms with Crippen molar-refractivity contribution >= 4 is 28.8 Å². The van der Waals surface area contributed by atoms with Crippen LogP contribution in [0.5, 0.6) is 0 Å². The second kappa shape index (κ2) is 7.37. The number of anilines is 2. The molecule has 1 heterocycles. The van der Waals surface area contributed by atoms with Crippen LogP contribution in [0.2, 0.25) is 0 Å². The number of benzene rings is 2. The lowest BCUT2D eigenvalue weighted by atomic mass is 9.98. The highest BCUT2D eigenvalue weighted by Crippen LogP contribution is 2.21. The fourth-order valence-electron chi connectivity index (χ4n) is 2.56. The van der Waals surface area contributed by atoms with Crippen LogP contribution < -0.4 is 21.9 Å². The van der Waals surface area contributed by atoms with Crippen LogP contribution in [0.3, 0.4) is 0 Å². The zero-order chi connectivity index (χ0) is 18.7. The number of hydrogen-bond acceptors (Lipinski definition) is 6. The SMILES string of the molecule is CC(C)C(=O)Nc1cccc(C(=N)c2cc(C3=NCNN3)ccc2N)c1. The Morgan fingerprint density at radius 3 is 2.77 bits per heavy atom. The Labute approximate surface area is 152 Å². The highest BCUT2D eigenvalue weighted by molar-refractivity contribution is 6.15. The van der Waals surface area contributed by atoms with Crippen LogP contribution in [0.4, 0.5) is 11.4 Å². The maximum Gasteiger partial charge on any atom is 0.226 e. The molecule has 26 heavy (non-hydrogen) atoms. The minimum absolute atomic E-state index is 0.0620. The molecule has 1 amide bonds. The zero-order valence-electron chi connectivity index (χ0n) is 14.8. The summed E-state index contributed by atoms with van der Waals surface area (Å²) >= 11 is 0. The van der Waals surface area contributed by atoms with Gasteiger partial charge in [-0.15, -0.1) is 0 Å². The van der Waals surface area contributed by atoms with Crippen molar-refractivity contribution in [2.45, 2.75) is 13.8 Å². The molecule has 7 heteroatoms. The van der Waals surface area contributed by atoms with Gasteiger partial charge in [0, 0.05) is 34.0 Å². The largest absolute Gasteiger partial charge is 0.398 e. The van der Waals surface area contributed by atoms with Crippen molar-refractivity contribution in [1.82, 2.24) is 10.9 Å². The molecule has 0 bridgehead atoms. The van der Waals surface area contributed by atoms with Gasteiger partial charge >= 0.3 is 0 Å². The van der Waals surface area contributed by atoms with Crippen molar-refractivity contribution in [2.75, 3.05) is 17.7 Å². The molecule has 0 unspecified atom stereocenters. The summed E-state index contributed by atoms with van der Waals surface area (Å²) in [6, 6.07) is 12.7. The third-order valence-electron chi connectivity index (χ3n) is 4.06. The molecule has 0 spiro atoms. The maximum atomic E-state index is 11.9. The molecule has 0 saturated carbocycles. The summed E-state index contributed by atoms with van der Waals surface area (Å²) in [5.41, 5.74) is 15.6. The molecule has 6 N–H and O–H groups in total. The quantitative estimate of drug-likeness (QED) is 0.419. The molecule has 7 nitrogen and oxygen atoms in total. The Bertz CT molecular complexity index is 887. The number of carbonyl (C=O) groups is 1. The van der Waals surface area contributed by atoms with E-state index in [1.807, 2.05) is 38.1 Å². The Hall–Kier alpha value is -3.19. The molecular formula is C19H22N6O. The van der Waals surface area contributed by atoms with Gasteiger partial charge in [0.2, 0.25) is 5.91 Å². The number of carbonyl (C=O) groups excluding carboxylic acids is 1. The van der Waals surface area contributed by atoms with Crippen molar-refractivity contribution < 1.29 is 4.79 Å².